The summed E-state index contributed by atoms with van der Waals surface area (Å²) >= 11 is 0. The Morgan fingerprint density at radius 1 is 1.53 bits per heavy atom. The predicted molar refractivity (Wildman–Crippen MR) is 76.6 cm³/mol. The average molecular weight is 283 g/mol. The Morgan fingerprint density at radius 3 is 2.89 bits per heavy atom. The van der Waals surface area contributed by atoms with Gasteiger partial charge in [0.15, 0.2) is 0 Å². The molecule has 1 aliphatic rings. The first kappa shape index (κ1) is 14.5. The molecule has 1 saturated heterocycles. The molecule has 1 heterocycles. The third-order valence-electron chi connectivity index (χ3n) is 3.52. The highest BCUT2D eigenvalue weighted by Gasteiger charge is 2.29. The van der Waals surface area contributed by atoms with Crippen LogP contribution in [0, 0.1) is 0 Å². The molecule has 3 unspecified atom stereocenters. The van der Waals surface area contributed by atoms with Crippen molar-refractivity contribution < 1.29 is 13.7 Å². The van der Waals surface area contributed by atoms with Gasteiger partial charge in [-0.25, -0.2) is 0 Å². The number of hydrogen-bond donors (Lipinski definition) is 1. The van der Waals surface area contributed by atoms with Crippen LogP contribution >= 0.6 is 0 Å². The summed E-state index contributed by atoms with van der Waals surface area (Å²) in [5, 5.41) is 0.139. The minimum atomic E-state index is -0.907. The lowest BCUT2D eigenvalue weighted by Crippen LogP contribution is -2.24. The van der Waals surface area contributed by atoms with Gasteiger partial charge in [-0.15, -0.1) is 0 Å². The summed E-state index contributed by atoms with van der Waals surface area (Å²) in [6, 6.07) is 5.85. The van der Waals surface area contributed by atoms with Crippen molar-refractivity contribution in [2.75, 3.05) is 13.7 Å². The van der Waals surface area contributed by atoms with Gasteiger partial charge in [0.1, 0.15) is 5.75 Å². The van der Waals surface area contributed by atoms with E-state index in [1.807, 2.05) is 25.1 Å². The summed E-state index contributed by atoms with van der Waals surface area (Å²) < 4.78 is 23.1. The van der Waals surface area contributed by atoms with Gasteiger partial charge >= 0.3 is 0 Å². The molecule has 0 spiro atoms. The van der Waals surface area contributed by atoms with Crippen LogP contribution in [-0.4, -0.2) is 29.3 Å². The Balaban J connectivity index is 2.08. The first-order chi connectivity index (χ1) is 9.15. The summed E-state index contributed by atoms with van der Waals surface area (Å²) in [7, 11) is 0.720. The Bertz CT molecular complexity index is 464. The number of hydrogen-bond acceptors (Lipinski definition) is 4. The van der Waals surface area contributed by atoms with E-state index in [0.29, 0.717) is 18.9 Å². The molecule has 106 valence electrons. The molecule has 0 aromatic heterocycles. The van der Waals surface area contributed by atoms with E-state index in [9.17, 15) is 4.21 Å². The largest absolute Gasteiger partial charge is 0.496 e. The lowest BCUT2D eigenvalue weighted by Gasteiger charge is -2.14. The van der Waals surface area contributed by atoms with Crippen LogP contribution in [0.4, 0.5) is 0 Å². The molecular formula is C14H21NO3S. The van der Waals surface area contributed by atoms with Crippen molar-refractivity contribution >= 4 is 10.8 Å². The van der Waals surface area contributed by atoms with Crippen LogP contribution in [-0.2, 0) is 27.8 Å². The molecule has 1 fully saturated rings. The van der Waals surface area contributed by atoms with E-state index in [1.54, 1.807) is 7.11 Å². The van der Waals surface area contributed by atoms with Crippen LogP contribution in [0.15, 0.2) is 18.2 Å². The molecule has 5 heteroatoms. The highest BCUT2D eigenvalue weighted by atomic mass is 32.2. The number of ether oxygens (including phenoxy) is 2. The Hall–Kier alpha value is -0.910. The van der Waals surface area contributed by atoms with Gasteiger partial charge in [-0.3, -0.25) is 4.21 Å². The van der Waals surface area contributed by atoms with E-state index in [4.69, 9.17) is 15.2 Å². The average Bonchev–Trinajstić information content (AvgIpc) is 2.85. The minimum absolute atomic E-state index is 0.0889. The van der Waals surface area contributed by atoms with Gasteiger partial charge in [0, 0.05) is 35.3 Å². The van der Waals surface area contributed by atoms with Gasteiger partial charge < -0.3 is 15.2 Å². The predicted octanol–water partition coefficient (Wildman–Crippen LogP) is 1.58. The van der Waals surface area contributed by atoms with Crippen LogP contribution in [0.25, 0.3) is 0 Å². The fraction of sp³-hybridized carbons (Fsp3) is 0.571. The van der Waals surface area contributed by atoms with Gasteiger partial charge in [-0.1, -0.05) is 12.1 Å². The van der Waals surface area contributed by atoms with Crippen molar-refractivity contribution in [1.82, 2.24) is 0 Å². The SMILES string of the molecule is COc1cc(CS(=O)C2CCOC2C)ccc1CN. The standard InChI is InChI=1S/C14H21NO3S/c1-10-14(5-6-18-10)19(16)9-11-3-4-12(8-15)13(7-11)17-2/h3-4,7,10,14H,5-6,8-9,15H2,1-2H3. The highest BCUT2D eigenvalue weighted by Crippen LogP contribution is 2.24. The highest BCUT2D eigenvalue weighted by molar-refractivity contribution is 7.84. The molecule has 1 aliphatic heterocycles. The van der Waals surface area contributed by atoms with Crippen molar-refractivity contribution in [2.24, 2.45) is 5.73 Å². The van der Waals surface area contributed by atoms with Gasteiger partial charge in [-0.2, -0.15) is 0 Å². The van der Waals surface area contributed by atoms with Crippen LogP contribution in [0.2, 0.25) is 0 Å². The van der Waals surface area contributed by atoms with Gasteiger partial charge in [0.25, 0.3) is 0 Å². The molecule has 4 nitrogen and oxygen atoms in total. The van der Waals surface area contributed by atoms with Gasteiger partial charge in [-0.05, 0) is 25.0 Å². The maximum Gasteiger partial charge on any atom is 0.123 e. The zero-order valence-corrected chi connectivity index (χ0v) is 12.2. The van der Waals surface area contributed by atoms with Crippen molar-refractivity contribution in [3.05, 3.63) is 29.3 Å². The number of nitrogens with two attached hydrogens (primary N) is 1. The van der Waals surface area contributed by atoms with E-state index >= 15 is 0 Å². The molecule has 0 saturated carbocycles. The van der Waals surface area contributed by atoms with Crippen molar-refractivity contribution in [1.29, 1.82) is 0 Å². The number of methoxy groups -OCH3 is 1. The molecule has 0 aliphatic carbocycles. The second-order valence-corrected chi connectivity index (χ2v) is 6.43. The van der Waals surface area contributed by atoms with E-state index in [0.717, 1.165) is 23.3 Å². The normalized spacial score (nSPS) is 24.4. The number of rotatable bonds is 5. The molecule has 0 radical (unpaired) electrons. The van der Waals surface area contributed by atoms with Gasteiger partial charge in [0.2, 0.25) is 0 Å². The van der Waals surface area contributed by atoms with Crippen molar-refractivity contribution in [3.8, 4) is 5.75 Å². The maximum atomic E-state index is 12.3. The first-order valence-corrected chi connectivity index (χ1v) is 7.88. The van der Waals surface area contributed by atoms with Gasteiger partial charge in [0.05, 0.1) is 18.5 Å². The van der Waals surface area contributed by atoms with Crippen LogP contribution in [0.3, 0.4) is 0 Å². The molecule has 3 atom stereocenters. The third kappa shape index (κ3) is 3.35. The second-order valence-electron chi connectivity index (χ2n) is 4.78. The Morgan fingerprint density at radius 2 is 2.32 bits per heavy atom. The molecule has 1 aromatic rings. The summed E-state index contributed by atoms with van der Waals surface area (Å²) in [5.74, 6) is 1.31. The summed E-state index contributed by atoms with van der Waals surface area (Å²) in [4.78, 5) is 0. The van der Waals surface area contributed by atoms with E-state index in [1.165, 1.54) is 0 Å². The first-order valence-electron chi connectivity index (χ1n) is 6.50. The van der Waals surface area contributed by atoms with E-state index in [-0.39, 0.29) is 11.4 Å². The topological polar surface area (TPSA) is 61.5 Å². The third-order valence-corrected chi connectivity index (χ3v) is 5.44. The zero-order valence-electron chi connectivity index (χ0n) is 11.4. The lowest BCUT2D eigenvalue weighted by molar-refractivity contribution is 0.127. The van der Waals surface area contributed by atoms with E-state index in [2.05, 4.69) is 0 Å². The monoisotopic (exact) mass is 283 g/mol. The number of benzene rings is 1. The molecular weight excluding hydrogens is 262 g/mol. The van der Waals surface area contributed by atoms with E-state index < -0.39 is 10.8 Å². The maximum absolute atomic E-state index is 12.3. The quantitative estimate of drug-likeness (QED) is 0.891. The molecule has 0 bridgehead atoms. The Kier molecular flexibility index (Phi) is 4.96. The van der Waals surface area contributed by atoms with Crippen LogP contribution in [0.5, 0.6) is 5.75 Å². The van der Waals surface area contributed by atoms with Crippen molar-refractivity contribution in [2.45, 2.75) is 37.0 Å². The molecule has 19 heavy (non-hydrogen) atoms. The molecule has 2 rings (SSSR count). The smallest absolute Gasteiger partial charge is 0.123 e. The molecule has 2 N–H and O–H groups in total. The second kappa shape index (κ2) is 6.50. The summed E-state index contributed by atoms with van der Waals surface area (Å²) in [6.45, 7) is 3.15. The summed E-state index contributed by atoms with van der Waals surface area (Å²) in [5.41, 5.74) is 7.63. The molecule has 0 amide bonds. The van der Waals surface area contributed by atoms with Crippen molar-refractivity contribution in [3.63, 3.8) is 0 Å². The summed E-state index contributed by atoms with van der Waals surface area (Å²) in [6.07, 6.45) is 0.970. The molecule has 1 aromatic carbocycles. The fourth-order valence-electron chi connectivity index (χ4n) is 2.38. The Labute approximate surface area is 116 Å². The minimum Gasteiger partial charge on any atom is -0.496 e. The van der Waals surface area contributed by atoms with Crippen LogP contribution in [0.1, 0.15) is 24.5 Å². The van der Waals surface area contributed by atoms with Crippen LogP contribution < -0.4 is 10.5 Å². The lowest BCUT2D eigenvalue weighted by atomic mass is 10.1. The zero-order chi connectivity index (χ0) is 13.8. The fourth-order valence-corrected chi connectivity index (χ4v) is 3.96.